The van der Waals surface area contributed by atoms with E-state index in [-0.39, 0.29) is 6.54 Å². The maximum Gasteiger partial charge on any atom is 0.338 e. The first-order chi connectivity index (χ1) is 8.58. The summed E-state index contributed by atoms with van der Waals surface area (Å²) >= 11 is 0. The zero-order chi connectivity index (χ0) is 13.5. The minimum absolute atomic E-state index is 0.0451. The number of hydrogen-bond acceptors (Lipinski definition) is 6. The normalized spacial score (nSPS) is 11.7. The summed E-state index contributed by atoms with van der Waals surface area (Å²) in [7, 11) is 2.58. The number of methoxy groups -OCH3 is 2. The molecule has 1 aromatic rings. The average Bonchev–Trinajstić information content (AvgIpc) is 2.38. The number of carbonyl (C=O) groups excluding carboxylic acids is 1. The number of nitrogens with zero attached hydrogens (tertiary/aromatic N) is 1. The Morgan fingerprint density at radius 1 is 1.50 bits per heavy atom. The number of carbonyl (C=O) groups is 2. The summed E-state index contributed by atoms with van der Waals surface area (Å²) in [6.45, 7) is 0.0451. The van der Waals surface area contributed by atoms with Crippen LogP contribution in [0.25, 0.3) is 0 Å². The highest BCUT2D eigenvalue weighted by atomic mass is 16.5. The van der Waals surface area contributed by atoms with E-state index in [1.165, 1.54) is 32.5 Å². The van der Waals surface area contributed by atoms with Crippen molar-refractivity contribution in [2.45, 2.75) is 6.10 Å². The first-order valence-electron chi connectivity index (χ1n) is 5.12. The van der Waals surface area contributed by atoms with Gasteiger partial charge in [-0.25, -0.2) is 14.6 Å². The Morgan fingerprint density at radius 2 is 2.22 bits per heavy atom. The van der Waals surface area contributed by atoms with Gasteiger partial charge in [-0.05, 0) is 12.1 Å². The number of aliphatic carboxylic acids is 1. The molecule has 0 aliphatic carbocycles. The molecule has 0 saturated carbocycles. The van der Waals surface area contributed by atoms with Crippen molar-refractivity contribution in [1.29, 1.82) is 0 Å². The molecule has 0 aliphatic heterocycles. The van der Waals surface area contributed by atoms with Crippen LogP contribution in [0.15, 0.2) is 18.3 Å². The fourth-order valence-corrected chi connectivity index (χ4v) is 1.24. The van der Waals surface area contributed by atoms with Crippen LogP contribution in [0.4, 0.5) is 5.82 Å². The second-order valence-corrected chi connectivity index (χ2v) is 3.36. The van der Waals surface area contributed by atoms with Crippen LogP contribution in [-0.4, -0.2) is 48.9 Å². The van der Waals surface area contributed by atoms with Crippen LogP contribution in [0.1, 0.15) is 10.4 Å². The standard InChI is InChI=1S/C11H14N2O5/c1-17-8(10(14)15)6-13-9-5-7(3-4-12-9)11(16)18-2/h3-5,8H,6H2,1-2H3,(H,12,13)(H,14,15). The monoisotopic (exact) mass is 254 g/mol. The second-order valence-electron chi connectivity index (χ2n) is 3.36. The van der Waals surface area contributed by atoms with Gasteiger partial charge in [-0.3, -0.25) is 0 Å². The molecule has 2 N–H and O–H groups in total. The zero-order valence-corrected chi connectivity index (χ0v) is 10.0. The van der Waals surface area contributed by atoms with Gasteiger partial charge in [0, 0.05) is 13.3 Å². The van der Waals surface area contributed by atoms with Crippen molar-refractivity contribution in [2.24, 2.45) is 0 Å². The molecule has 0 spiro atoms. The summed E-state index contributed by atoms with van der Waals surface area (Å²) in [5.41, 5.74) is 0.333. The van der Waals surface area contributed by atoms with E-state index in [1.54, 1.807) is 0 Å². The van der Waals surface area contributed by atoms with E-state index >= 15 is 0 Å². The van der Waals surface area contributed by atoms with Crippen LogP contribution in [0, 0.1) is 0 Å². The lowest BCUT2D eigenvalue weighted by Gasteiger charge is -2.12. The fraction of sp³-hybridized carbons (Fsp3) is 0.364. The van der Waals surface area contributed by atoms with Gasteiger partial charge >= 0.3 is 11.9 Å². The number of carboxylic acids is 1. The minimum atomic E-state index is -1.07. The SMILES string of the molecule is COC(=O)c1ccnc(NCC(OC)C(=O)O)c1. The Labute approximate surface area is 104 Å². The van der Waals surface area contributed by atoms with Crippen LogP contribution in [-0.2, 0) is 14.3 Å². The Morgan fingerprint density at radius 3 is 2.78 bits per heavy atom. The summed E-state index contributed by atoms with van der Waals surface area (Å²) in [6, 6.07) is 2.97. The molecule has 0 radical (unpaired) electrons. The molecule has 1 aromatic heterocycles. The number of rotatable bonds is 6. The molecule has 1 rings (SSSR count). The Balaban J connectivity index is 2.68. The minimum Gasteiger partial charge on any atom is -0.479 e. The van der Waals surface area contributed by atoms with Crippen molar-refractivity contribution >= 4 is 17.8 Å². The molecule has 98 valence electrons. The zero-order valence-electron chi connectivity index (χ0n) is 10.0. The molecule has 1 atom stereocenters. The Hall–Kier alpha value is -2.15. The predicted molar refractivity (Wildman–Crippen MR) is 62.5 cm³/mol. The van der Waals surface area contributed by atoms with Gasteiger partial charge in [0.2, 0.25) is 0 Å². The number of aromatic nitrogens is 1. The number of carboxylic acid groups (broad SMARTS) is 1. The second kappa shape index (κ2) is 6.55. The molecule has 0 saturated heterocycles. The number of esters is 1. The lowest BCUT2D eigenvalue weighted by atomic mass is 10.2. The highest BCUT2D eigenvalue weighted by molar-refractivity contribution is 5.90. The molecule has 0 aromatic carbocycles. The lowest BCUT2D eigenvalue weighted by Crippen LogP contribution is -2.30. The largest absolute Gasteiger partial charge is 0.479 e. The molecular formula is C11H14N2O5. The molecule has 0 bridgehead atoms. The van der Waals surface area contributed by atoms with Crippen LogP contribution in [0.5, 0.6) is 0 Å². The van der Waals surface area contributed by atoms with Gasteiger partial charge in [0.15, 0.2) is 6.10 Å². The molecule has 1 heterocycles. The molecule has 0 fully saturated rings. The van der Waals surface area contributed by atoms with E-state index in [2.05, 4.69) is 15.0 Å². The molecule has 7 heteroatoms. The summed E-state index contributed by atoms with van der Waals surface area (Å²) in [6.07, 6.45) is 0.450. The van der Waals surface area contributed by atoms with E-state index in [9.17, 15) is 9.59 Å². The topological polar surface area (TPSA) is 97.8 Å². The summed E-state index contributed by atoms with van der Waals surface area (Å²) in [5, 5.41) is 11.5. The number of nitrogens with one attached hydrogen (secondary N) is 1. The van der Waals surface area contributed by atoms with Gasteiger partial charge in [-0.2, -0.15) is 0 Å². The van der Waals surface area contributed by atoms with E-state index in [4.69, 9.17) is 9.84 Å². The predicted octanol–water partition coefficient (Wildman–Crippen LogP) is 0.380. The molecule has 7 nitrogen and oxygen atoms in total. The summed E-state index contributed by atoms with van der Waals surface area (Å²) in [5.74, 6) is -1.18. The van der Waals surface area contributed by atoms with Crippen molar-refractivity contribution < 1.29 is 24.2 Å². The van der Waals surface area contributed by atoms with E-state index in [1.807, 2.05) is 0 Å². The Kier molecular flexibility index (Phi) is 5.06. The molecule has 18 heavy (non-hydrogen) atoms. The number of anilines is 1. The molecule has 1 unspecified atom stereocenters. The average molecular weight is 254 g/mol. The van der Waals surface area contributed by atoms with Gasteiger partial charge in [-0.15, -0.1) is 0 Å². The quantitative estimate of drug-likeness (QED) is 0.708. The van der Waals surface area contributed by atoms with Crippen molar-refractivity contribution in [2.75, 3.05) is 26.1 Å². The van der Waals surface area contributed by atoms with E-state index < -0.39 is 18.0 Å². The highest BCUT2D eigenvalue weighted by Gasteiger charge is 2.16. The maximum atomic E-state index is 11.3. The number of ether oxygens (including phenoxy) is 2. The van der Waals surface area contributed by atoms with Gasteiger partial charge in [0.25, 0.3) is 0 Å². The molecule has 0 amide bonds. The third-order valence-electron chi connectivity index (χ3n) is 2.21. The first-order valence-corrected chi connectivity index (χ1v) is 5.12. The van der Waals surface area contributed by atoms with Crippen molar-refractivity contribution in [3.63, 3.8) is 0 Å². The van der Waals surface area contributed by atoms with Gasteiger partial charge < -0.3 is 19.9 Å². The number of pyridine rings is 1. The lowest BCUT2D eigenvalue weighted by molar-refractivity contribution is -0.147. The third kappa shape index (κ3) is 3.70. The summed E-state index contributed by atoms with van der Waals surface area (Å²) in [4.78, 5) is 25.9. The van der Waals surface area contributed by atoms with Crippen LogP contribution in [0.2, 0.25) is 0 Å². The summed E-state index contributed by atoms with van der Waals surface area (Å²) < 4.78 is 9.31. The van der Waals surface area contributed by atoms with Crippen LogP contribution in [0.3, 0.4) is 0 Å². The molecule has 0 aliphatic rings. The fourth-order valence-electron chi connectivity index (χ4n) is 1.24. The van der Waals surface area contributed by atoms with Crippen LogP contribution < -0.4 is 5.32 Å². The van der Waals surface area contributed by atoms with Gasteiger partial charge in [-0.1, -0.05) is 0 Å². The van der Waals surface area contributed by atoms with Gasteiger partial charge in [0.1, 0.15) is 5.82 Å². The Bertz CT molecular complexity index is 435. The van der Waals surface area contributed by atoms with Crippen molar-refractivity contribution in [3.05, 3.63) is 23.9 Å². The van der Waals surface area contributed by atoms with Gasteiger partial charge in [0.05, 0.1) is 19.2 Å². The maximum absolute atomic E-state index is 11.3. The van der Waals surface area contributed by atoms with Crippen molar-refractivity contribution in [3.8, 4) is 0 Å². The van der Waals surface area contributed by atoms with E-state index in [0.717, 1.165) is 0 Å². The van der Waals surface area contributed by atoms with E-state index in [0.29, 0.717) is 11.4 Å². The molecular weight excluding hydrogens is 240 g/mol. The van der Waals surface area contributed by atoms with Crippen LogP contribution >= 0.6 is 0 Å². The smallest absolute Gasteiger partial charge is 0.338 e. The number of hydrogen-bond donors (Lipinski definition) is 2. The highest BCUT2D eigenvalue weighted by Crippen LogP contribution is 2.08. The first kappa shape index (κ1) is 13.9. The third-order valence-corrected chi connectivity index (χ3v) is 2.21. The van der Waals surface area contributed by atoms with Crippen molar-refractivity contribution in [1.82, 2.24) is 4.98 Å².